The molecule has 2 rings (SSSR count). The number of aryl methyl sites for hydroxylation is 1. The molecule has 0 spiro atoms. The van der Waals surface area contributed by atoms with Crippen LogP contribution in [-0.4, -0.2) is 37.8 Å². The van der Waals surface area contributed by atoms with Crippen LogP contribution in [0.2, 0.25) is 0 Å². The largest absolute Gasteiger partial charge is 0.386 e. The van der Waals surface area contributed by atoms with Crippen molar-refractivity contribution in [3.63, 3.8) is 0 Å². The van der Waals surface area contributed by atoms with Crippen molar-refractivity contribution in [2.24, 2.45) is 5.73 Å². The smallest absolute Gasteiger partial charge is 0.275 e. The van der Waals surface area contributed by atoms with Crippen molar-refractivity contribution in [3.05, 3.63) is 76.5 Å². The second-order valence-corrected chi connectivity index (χ2v) is 9.46. The van der Waals surface area contributed by atoms with Crippen LogP contribution in [0.1, 0.15) is 31.0 Å². The number of amides is 1. The van der Waals surface area contributed by atoms with E-state index in [1.165, 1.54) is 10.6 Å². The molecule has 1 amide bonds. The molecule has 1 aromatic heterocycles. The molecule has 0 saturated carbocycles. The number of rotatable bonds is 14. The summed E-state index contributed by atoms with van der Waals surface area (Å²) in [5, 5.41) is 5.43. The van der Waals surface area contributed by atoms with Crippen molar-refractivity contribution in [2.75, 3.05) is 11.3 Å². The number of anilines is 1. The summed E-state index contributed by atoms with van der Waals surface area (Å²) in [6.07, 6.45) is 2.03. The van der Waals surface area contributed by atoms with Crippen LogP contribution >= 0.6 is 0 Å². The summed E-state index contributed by atoms with van der Waals surface area (Å²) in [6, 6.07) is 10.8. The van der Waals surface area contributed by atoms with Crippen LogP contribution in [0.25, 0.3) is 0 Å². The number of sulfonamides is 1. The third kappa shape index (κ3) is 8.39. The summed E-state index contributed by atoms with van der Waals surface area (Å²) < 4.78 is 28.7. The first-order chi connectivity index (χ1) is 16.1. The molecule has 0 aliphatic heterocycles. The number of nitrogens with two attached hydrogens (primary N) is 1. The van der Waals surface area contributed by atoms with Gasteiger partial charge in [0.15, 0.2) is 0 Å². The number of aldehydes is 1. The van der Waals surface area contributed by atoms with E-state index in [2.05, 4.69) is 21.9 Å². The molecule has 5 N–H and O–H groups in total. The average Bonchev–Trinajstić information content (AvgIpc) is 2.78. The molecule has 0 aliphatic carbocycles. The summed E-state index contributed by atoms with van der Waals surface area (Å²) >= 11 is 0. The van der Waals surface area contributed by atoms with Crippen LogP contribution in [0.15, 0.2) is 59.7 Å². The molecule has 184 valence electrons. The molecule has 0 radical (unpaired) electrons. The Bertz CT molecular complexity index is 1160. The lowest BCUT2D eigenvalue weighted by molar-refractivity contribution is -0.124. The molecule has 1 heterocycles. The van der Waals surface area contributed by atoms with Gasteiger partial charge in [-0.2, -0.15) is 0 Å². The van der Waals surface area contributed by atoms with E-state index in [9.17, 15) is 22.8 Å². The van der Waals surface area contributed by atoms with Crippen molar-refractivity contribution in [1.29, 1.82) is 0 Å². The Morgan fingerprint density at radius 2 is 1.91 bits per heavy atom. The van der Waals surface area contributed by atoms with Crippen LogP contribution in [0.3, 0.4) is 0 Å². The van der Waals surface area contributed by atoms with Gasteiger partial charge in [0.1, 0.15) is 18.5 Å². The standard InChI is InChI=1S/C23H31N5O5S/c1-3-20-11-12-21(27-34(32,33)16-18-8-5-4-6-9-18)23(31)28(20)14-22(30)26-19(15-29)10-7-13-25-17(2)24/h4-6,8-9,11-12,15,19,25,27H,2-3,7,10,13-14,16,24H2,1H3,(H,26,30). The summed E-state index contributed by atoms with van der Waals surface area (Å²) in [6.45, 7) is 5.48. The van der Waals surface area contributed by atoms with E-state index in [-0.39, 0.29) is 18.0 Å². The zero-order valence-corrected chi connectivity index (χ0v) is 19.9. The van der Waals surface area contributed by atoms with E-state index in [4.69, 9.17) is 5.73 Å². The fraction of sp³-hybridized carbons (Fsp3) is 0.348. The zero-order chi connectivity index (χ0) is 25.1. The van der Waals surface area contributed by atoms with Gasteiger partial charge in [-0.3, -0.25) is 14.3 Å². The molecular weight excluding hydrogens is 458 g/mol. The van der Waals surface area contributed by atoms with Crippen molar-refractivity contribution in [3.8, 4) is 0 Å². The molecule has 1 atom stereocenters. The van der Waals surface area contributed by atoms with Gasteiger partial charge in [-0.1, -0.05) is 43.8 Å². The number of nitrogens with one attached hydrogen (secondary N) is 3. The maximum absolute atomic E-state index is 13.0. The van der Waals surface area contributed by atoms with E-state index in [0.717, 1.165) is 0 Å². The first-order valence-corrected chi connectivity index (χ1v) is 12.5. The highest BCUT2D eigenvalue weighted by Gasteiger charge is 2.18. The Balaban J connectivity index is 2.11. The Morgan fingerprint density at radius 3 is 2.53 bits per heavy atom. The summed E-state index contributed by atoms with van der Waals surface area (Å²) in [4.78, 5) is 36.9. The lowest BCUT2D eigenvalue weighted by Crippen LogP contribution is -2.41. The maximum atomic E-state index is 13.0. The minimum atomic E-state index is -3.85. The highest BCUT2D eigenvalue weighted by Crippen LogP contribution is 2.11. The molecule has 34 heavy (non-hydrogen) atoms. The van der Waals surface area contributed by atoms with Crippen LogP contribution in [-0.2, 0) is 38.3 Å². The van der Waals surface area contributed by atoms with Gasteiger partial charge in [-0.15, -0.1) is 0 Å². The minimum absolute atomic E-state index is 0.152. The first-order valence-electron chi connectivity index (χ1n) is 10.8. The van der Waals surface area contributed by atoms with Crippen molar-refractivity contribution >= 4 is 27.9 Å². The van der Waals surface area contributed by atoms with Gasteiger partial charge in [0.25, 0.3) is 5.56 Å². The van der Waals surface area contributed by atoms with Gasteiger partial charge >= 0.3 is 0 Å². The molecule has 1 unspecified atom stereocenters. The highest BCUT2D eigenvalue weighted by atomic mass is 32.2. The van der Waals surface area contributed by atoms with E-state index >= 15 is 0 Å². The van der Waals surface area contributed by atoms with Gasteiger partial charge < -0.3 is 25.7 Å². The van der Waals surface area contributed by atoms with Gasteiger partial charge in [-0.05, 0) is 37.0 Å². The topological polar surface area (TPSA) is 152 Å². The van der Waals surface area contributed by atoms with Gasteiger partial charge in [0.05, 0.1) is 17.6 Å². The number of carbonyl (C=O) groups is 2. The fourth-order valence-electron chi connectivity index (χ4n) is 3.31. The van der Waals surface area contributed by atoms with Crippen LogP contribution < -0.4 is 26.6 Å². The highest BCUT2D eigenvalue weighted by molar-refractivity contribution is 7.91. The van der Waals surface area contributed by atoms with Crippen LogP contribution in [0, 0.1) is 0 Å². The second-order valence-electron chi connectivity index (χ2n) is 7.73. The number of hydrogen-bond acceptors (Lipinski definition) is 7. The third-order valence-corrected chi connectivity index (χ3v) is 6.19. The van der Waals surface area contributed by atoms with Crippen molar-refractivity contribution in [1.82, 2.24) is 15.2 Å². The predicted octanol–water partition coefficient (Wildman–Crippen LogP) is 0.836. The Hall–Kier alpha value is -3.60. The minimum Gasteiger partial charge on any atom is -0.386 e. The Kier molecular flexibility index (Phi) is 9.87. The summed E-state index contributed by atoms with van der Waals surface area (Å²) in [5.74, 6) is -0.511. The number of aromatic nitrogens is 1. The van der Waals surface area contributed by atoms with E-state index in [0.29, 0.717) is 49.2 Å². The molecule has 0 aliphatic rings. The maximum Gasteiger partial charge on any atom is 0.275 e. The molecule has 11 heteroatoms. The van der Waals surface area contributed by atoms with E-state index in [1.54, 1.807) is 36.4 Å². The van der Waals surface area contributed by atoms with Crippen molar-refractivity contribution in [2.45, 2.75) is 44.5 Å². The number of nitrogens with zero attached hydrogens (tertiary/aromatic N) is 1. The normalized spacial score (nSPS) is 11.9. The summed E-state index contributed by atoms with van der Waals surface area (Å²) in [5.41, 5.74) is 5.76. The Morgan fingerprint density at radius 1 is 1.21 bits per heavy atom. The molecule has 0 saturated heterocycles. The molecule has 0 fully saturated rings. The number of benzene rings is 1. The fourth-order valence-corrected chi connectivity index (χ4v) is 4.51. The molecule has 10 nitrogen and oxygen atoms in total. The third-order valence-electron chi connectivity index (χ3n) is 4.95. The number of pyridine rings is 1. The van der Waals surface area contributed by atoms with E-state index in [1.807, 2.05) is 6.92 Å². The van der Waals surface area contributed by atoms with E-state index < -0.39 is 27.5 Å². The van der Waals surface area contributed by atoms with Gasteiger partial charge in [0.2, 0.25) is 15.9 Å². The second kappa shape index (κ2) is 12.6. The quantitative estimate of drug-likeness (QED) is 0.227. The van der Waals surface area contributed by atoms with Crippen LogP contribution in [0.4, 0.5) is 5.69 Å². The zero-order valence-electron chi connectivity index (χ0n) is 19.1. The monoisotopic (exact) mass is 489 g/mol. The first kappa shape index (κ1) is 26.7. The number of hydrogen-bond donors (Lipinski definition) is 4. The molecule has 1 aromatic carbocycles. The SMILES string of the molecule is C=C(N)NCCCC(C=O)NC(=O)Cn1c(CC)ccc(NS(=O)(=O)Cc2ccccc2)c1=O. The molecular formula is C23H31N5O5S. The lowest BCUT2D eigenvalue weighted by Gasteiger charge is -2.17. The van der Waals surface area contributed by atoms with Gasteiger partial charge in [0, 0.05) is 12.2 Å². The average molecular weight is 490 g/mol. The van der Waals surface area contributed by atoms with Crippen molar-refractivity contribution < 1.29 is 18.0 Å². The number of carbonyl (C=O) groups excluding carboxylic acids is 2. The Labute approximate surface area is 199 Å². The molecule has 0 bridgehead atoms. The predicted molar refractivity (Wildman–Crippen MR) is 131 cm³/mol. The lowest BCUT2D eigenvalue weighted by atomic mass is 10.1. The van der Waals surface area contributed by atoms with Crippen LogP contribution in [0.5, 0.6) is 0 Å². The summed E-state index contributed by atoms with van der Waals surface area (Å²) in [7, 11) is -3.85. The van der Waals surface area contributed by atoms with Gasteiger partial charge in [-0.25, -0.2) is 8.42 Å². The molecule has 2 aromatic rings.